The van der Waals surface area contributed by atoms with Gasteiger partial charge in [-0.3, -0.25) is 4.79 Å². The summed E-state index contributed by atoms with van der Waals surface area (Å²) in [5, 5.41) is 3.32. The van der Waals surface area contributed by atoms with Crippen molar-refractivity contribution in [1.82, 2.24) is 10.2 Å². The van der Waals surface area contributed by atoms with E-state index in [1.807, 2.05) is 42.2 Å². The molecule has 1 amide bonds. The minimum Gasteiger partial charge on any atom is -0.329 e. The molecule has 0 bridgehead atoms. The van der Waals surface area contributed by atoms with Crippen molar-refractivity contribution < 1.29 is 4.79 Å². The van der Waals surface area contributed by atoms with E-state index < -0.39 is 0 Å². The Kier molecular flexibility index (Phi) is 5.00. The molecule has 0 saturated carbocycles. The first-order chi connectivity index (χ1) is 9.31. The number of nitrogens with zero attached hydrogens (tertiary/aromatic N) is 1. The summed E-state index contributed by atoms with van der Waals surface area (Å²) in [6, 6.07) is 9.98. The molecule has 19 heavy (non-hydrogen) atoms. The number of carbonyl (C=O) groups is 1. The first-order valence-electron chi connectivity index (χ1n) is 6.89. The van der Waals surface area contributed by atoms with Crippen LogP contribution in [0.2, 0.25) is 0 Å². The summed E-state index contributed by atoms with van der Waals surface area (Å²) in [5.74, 6) is 5.65. The molecule has 1 aromatic carbocycles. The van der Waals surface area contributed by atoms with E-state index >= 15 is 0 Å². The van der Waals surface area contributed by atoms with E-state index in [-0.39, 0.29) is 5.91 Å². The zero-order valence-corrected chi connectivity index (χ0v) is 11.4. The van der Waals surface area contributed by atoms with Gasteiger partial charge in [0.05, 0.1) is 0 Å². The molecule has 1 fully saturated rings. The molecule has 1 aromatic rings. The van der Waals surface area contributed by atoms with Crippen molar-refractivity contribution in [2.24, 2.45) is 0 Å². The largest absolute Gasteiger partial charge is 0.329 e. The van der Waals surface area contributed by atoms with Gasteiger partial charge in [-0.2, -0.15) is 0 Å². The summed E-state index contributed by atoms with van der Waals surface area (Å²) in [6.07, 6.45) is 2.04. The summed E-state index contributed by atoms with van der Waals surface area (Å²) >= 11 is 0. The van der Waals surface area contributed by atoms with Crippen LogP contribution in [0.25, 0.3) is 0 Å². The Labute approximate surface area is 115 Å². The summed E-state index contributed by atoms with van der Waals surface area (Å²) in [4.78, 5) is 14.1. The fourth-order valence-corrected chi connectivity index (χ4v) is 2.40. The Bertz CT molecular complexity index is 467. The zero-order chi connectivity index (χ0) is 13.5. The van der Waals surface area contributed by atoms with Crippen LogP contribution >= 0.6 is 0 Å². The van der Waals surface area contributed by atoms with Gasteiger partial charge in [-0.15, -0.1) is 0 Å². The maximum atomic E-state index is 12.2. The van der Waals surface area contributed by atoms with Crippen LogP contribution in [0.15, 0.2) is 30.3 Å². The highest BCUT2D eigenvalue weighted by molar-refractivity contribution is 5.94. The fourth-order valence-electron chi connectivity index (χ4n) is 2.40. The normalized spacial score (nSPS) is 15.4. The molecule has 1 heterocycles. The second kappa shape index (κ2) is 6.96. The number of nitrogens with one attached hydrogen (secondary N) is 1. The van der Waals surface area contributed by atoms with Crippen LogP contribution in [0.1, 0.15) is 25.3 Å². The topological polar surface area (TPSA) is 32.3 Å². The molecule has 0 spiro atoms. The Balaban J connectivity index is 2.03. The Morgan fingerprint density at radius 1 is 1.32 bits per heavy atom. The van der Waals surface area contributed by atoms with Gasteiger partial charge in [0.25, 0.3) is 5.91 Å². The Hall–Kier alpha value is -1.79. The van der Waals surface area contributed by atoms with Gasteiger partial charge in [-0.1, -0.05) is 24.1 Å². The molecule has 1 aliphatic rings. The van der Waals surface area contributed by atoms with Crippen LogP contribution in [-0.4, -0.2) is 36.5 Å². The Morgan fingerprint density at radius 2 is 2.00 bits per heavy atom. The van der Waals surface area contributed by atoms with Gasteiger partial charge in [0.2, 0.25) is 0 Å². The van der Waals surface area contributed by atoms with Crippen LogP contribution in [-0.2, 0) is 4.79 Å². The predicted molar refractivity (Wildman–Crippen MR) is 76.6 cm³/mol. The highest BCUT2D eigenvalue weighted by Gasteiger charge is 2.22. The number of amides is 1. The highest BCUT2D eigenvalue weighted by atomic mass is 16.2. The molecule has 3 heteroatoms. The second-order valence-electron chi connectivity index (χ2n) is 4.69. The van der Waals surface area contributed by atoms with E-state index in [1.165, 1.54) is 0 Å². The molecular formula is C16H20N2O. The number of piperidine rings is 1. The van der Waals surface area contributed by atoms with Crippen LogP contribution in [0.5, 0.6) is 0 Å². The van der Waals surface area contributed by atoms with Crippen molar-refractivity contribution in [2.45, 2.75) is 25.8 Å². The third kappa shape index (κ3) is 3.84. The summed E-state index contributed by atoms with van der Waals surface area (Å²) in [6.45, 7) is 4.72. The number of carbonyl (C=O) groups excluding carboxylic acids is 1. The van der Waals surface area contributed by atoms with Crippen LogP contribution in [0, 0.1) is 11.8 Å². The van der Waals surface area contributed by atoms with Gasteiger partial charge in [0.15, 0.2) is 0 Å². The van der Waals surface area contributed by atoms with Gasteiger partial charge in [-0.05, 0) is 45.0 Å². The zero-order valence-electron chi connectivity index (χ0n) is 11.4. The highest BCUT2D eigenvalue weighted by Crippen LogP contribution is 2.11. The van der Waals surface area contributed by atoms with Gasteiger partial charge in [-0.25, -0.2) is 0 Å². The quantitative estimate of drug-likeness (QED) is 0.816. The average Bonchev–Trinajstić information content (AvgIpc) is 2.48. The molecule has 1 N–H and O–H groups in total. The number of hydrogen-bond donors (Lipinski definition) is 1. The van der Waals surface area contributed by atoms with Crippen LogP contribution < -0.4 is 5.32 Å². The van der Waals surface area contributed by atoms with E-state index in [4.69, 9.17) is 0 Å². The fraction of sp³-hybridized carbons (Fsp3) is 0.438. The van der Waals surface area contributed by atoms with Crippen molar-refractivity contribution >= 4 is 5.91 Å². The Morgan fingerprint density at radius 3 is 2.63 bits per heavy atom. The average molecular weight is 256 g/mol. The maximum Gasteiger partial charge on any atom is 0.299 e. The first-order valence-corrected chi connectivity index (χ1v) is 6.89. The lowest BCUT2D eigenvalue weighted by Crippen LogP contribution is -2.45. The van der Waals surface area contributed by atoms with Crippen molar-refractivity contribution in [3.8, 4) is 11.8 Å². The number of hydrogen-bond acceptors (Lipinski definition) is 2. The summed E-state index contributed by atoms with van der Waals surface area (Å²) in [5.41, 5.74) is 0.886. The standard InChI is InChI=1S/C16H20N2O/c1-2-18(15-10-12-17-13-11-15)16(19)9-8-14-6-4-3-5-7-14/h3-7,15,17H,2,10-13H2,1H3. The minimum absolute atomic E-state index is 0.0572. The maximum absolute atomic E-state index is 12.2. The van der Waals surface area contributed by atoms with E-state index in [1.54, 1.807) is 0 Å². The third-order valence-corrected chi connectivity index (χ3v) is 3.44. The minimum atomic E-state index is -0.0572. The number of rotatable bonds is 2. The summed E-state index contributed by atoms with van der Waals surface area (Å²) in [7, 11) is 0. The molecule has 0 aromatic heterocycles. The molecule has 0 radical (unpaired) electrons. The number of benzene rings is 1. The van der Waals surface area contributed by atoms with E-state index in [9.17, 15) is 4.79 Å². The lowest BCUT2D eigenvalue weighted by atomic mass is 10.0. The van der Waals surface area contributed by atoms with Crippen LogP contribution in [0.3, 0.4) is 0 Å². The van der Waals surface area contributed by atoms with Crippen LogP contribution in [0.4, 0.5) is 0 Å². The molecule has 0 unspecified atom stereocenters. The van der Waals surface area contributed by atoms with Crippen molar-refractivity contribution in [3.05, 3.63) is 35.9 Å². The lowest BCUT2D eigenvalue weighted by Gasteiger charge is -2.32. The van der Waals surface area contributed by atoms with Gasteiger partial charge in [0, 0.05) is 24.1 Å². The van der Waals surface area contributed by atoms with E-state index in [2.05, 4.69) is 17.2 Å². The molecule has 1 aliphatic heterocycles. The molecule has 0 atom stereocenters. The summed E-state index contributed by atoms with van der Waals surface area (Å²) < 4.78 is 0. The molecule has 1 saturated heterocycles. The molecule has 3 nitrogen and oxygen atoms in total. The lowest BCUT2D eigenvalue weighted by molar-refractivity contribution is -0.127. The van der Waals surface area contributed by atoms with Crippen molar-refractivity contribution in [1.29, 1.82) is 0 Å². The van der Waals surface area contributed by atoms with Gasteiger partial charge >= 0.3 is 0 Å². The molecule has 0 aliphatic carbocycles. The van der Waals surface area contributed by atoms with Gasteiger partial charge < -0.3 is 10.2 Å². The molecule has 100 valence electrons. The van der Waals surface area contributed by atoms with Gasteiger partial charge in [0.1, 0.15) is 0 Å². The SMILES string of the molecule is CCN(C(=O)C#Cc1ccccc1)C1CCNCC1. The molecule has 2 rings (SSSR count). The van der Waals surface area contributed by atoms with E-state index in [0.29, 0.717) is 6.04 Å². The molecular weight excluding hydrogens is 236 g/mol. The first kappa shape index (κ1) is 13.6. The van der Waals surface area contributed by atoms with Crippen molar-refractivity contribution in [3.63, 3.8) is 0 Å². The predicted octanol–water partition coefficient (Wildman–Crippen LogP) is 1.64. The second-order valence-corrected chi connectivity index (χ2v) is 4.69. The third-order valence-electron chi connectivity index (χ3n) is 3.44. The van der Waals surface area contributed by atoms with Crippen molar-refractivity contribution in [2.75, 3.05) is 19.6 Å². The monoisotopic (exact) mass is 256 g/mol. The smallest absolute Gasteiger partial charge is 0.299 e. The van der Waals surface area contributed by atoms with E-state index in [0.717, 1.165) is 38.0 Å².